The van der Waals surface area contributed by atoms with Gasteiger partial charge in [0.2, 0.25) is 10.9 Å². The van der Waals surface area contributed by atoms with Crippen LogP contribution in [0.15, 0.2) is 115 Å². The smallest absolute Gasteiger partial charge is 0.339 e. The molecular weight excluding hydrogens is 745 g/mol. The second kappa shape index (κ2) is 15.7. The van der Waals surface area contributed by atoms with Crippen molar-refractivity contribution in [2.24, 2.45) is 15.4 Å². The van der Waals surface area contributed by atoms with E-state index in [4.69, 9.17) is 9.71 Å². The van der Waals surface area contributed by atoms with E-state index in [1.165, 1.54) is 12.1 Å². The molecule has 0 aliphatic heterocycles. The first-order valence-corrected chi connectivity index (χ1v) is 19.3. The molecule has 6 rings (SSSR count). The van der Waals surface area contributed by atoms with E-state index in [2.05, 4.69) is 20.5 Å². The van der Waals surface area contributed by atoms with Gasteiger partial charge in [0, 0.05) is 22.6 Å². The van der Waals surface area contributed by atoms with E-state index < -0.39 is 42.0 Å². The largest absolute Gasteiger partial charge is 0.508 e. The number of benzene rings is 6. The number of rotatable bonds is 10. The molecule has 57 heavy (non-hydrogen) atoms. The Morgan fingerprint density at radius 3 is 1.84 bits per heavy atom. The van der Waals surface area contributed by atoms with Gasteiger partial charge >= 0.3 is 15.2 Å². The summed E-state index contributed by atoms with van der Waals surface area (Å²) in [4.78, 5) is 25.2. The molecule has 0 heterocycles. The highest BCUT2D eigenvalue weighted by atomic mass is 32.2. The lowest BCUT2D eigenvalue weighted by Gasteiger charge is -2.30. The zero-order chi connectivity index (χ0) is 41.3. The van der Waals surface area contributed by atoms with E-state index in [1.807, 2.05) is 83.1 Å². The fourth-order valence-electron chi connectivity index (χ4n) is 7.53. The van der Waals surface area contributed by atoms with Crippen LogP contribution in [-0.4, -0.2) is 18.6 Å². The highest BCUT2D eigenvalue weighted by molar-refractivity contribution is 7.87. The molecule has 1 atom stereocenters. The molecule has 14 heteroatoms. The van der Waals surface area contributed by atoms with Crippen molar-refractivity contribution >= 4 is 20.9 Å². The molecule has 288 valence electrons. The molecule has 0 aliphatic rings. The zero-order valence-electron chi connectivity index (χ0n) is 32.0. The number of hydrogen-bond donors (Lipinski definition) is 2. The minimum atomic E-state index is -4.78. The second-order valence-corrected chi connectivity index (χ2v) is 15.7. The van der Waals surface area contributed by atoms with Crippen molar-refractivity contribution < 1.29 is 22.8 Å². The van der Waals surface area contributed by atoms with Gasteiger partial charge in [-0.1, -0.05) is 60.7 Å². The van der Waals surface area contributed by atoms with Crippen molar-refractivity contribution in [1.82, 2.24) is 0 Å². The number of aromatic hydroxyl groups is 2. The Hall–Kier alpha value is -6.85. The molecule has 6 aromatic rings. The first kappa shape index (κ1) is 39.8. The Balaban J connectivity index is 1.51. The van der Waals surface area contributed by atoms with Gasteiger partial charge in [-0.15, -0.1) is 0 Å². The van der Waals surface area contributed by atoms with Gasteiger partial charge in [0.15, 0.2) is 10.5 Å². The van der Waals surface area contributed by atoms with Crippen molar-refractivity contribution in [2.75, 3.05) is 0 Å². The van der Waals surface area contributed by atoms with Gasteiger partial charge in [-0.2, -0.15) is 8.42 Å². The fraction of sp³-hybridized carbons (Fsp3) is 0.209. The molecule has 0 saturated heterocycles. The first-order chi connectivity index (χ1) is 27.1. The third-order valence-electron chi connectivity index (χ3n) is 10.4. The van der Waals surface area contributed by atoms with Crippen LogP contribution in [0.1, 0.15) is 73.9 Å². The van der Waals surface area contributed by atoms with Gasteiger partial charge in [0.1, 0.15) is 22.1 Å². The van der Waals surface area contributed by atoms with E-state index in [-0.39, 0.29) is 34.5 Å². The lowest BCUT2D eigenvalue weighted by Crippen LogP contribution is -2.48. The molecule has 13 nitrogen and oxygen atoms in total. The van der Waals surface area contributed by atoms with E-state index >= 15 is 0 Å². The molecule has 0 amide bonds. The maximum Gasteiger partial charge on any atom is 0.339 e. The number of hydrogen-bond acceptors (Lipinski definition) is 10. The number of phenolic OH excluding ortho intramolecular Hbond substituents is 2. The Morgan fingerprint density at radius 2 is 1.26 bits per heavy atom. The summed E-state index contributed by atoms with van der Waals surface area (Å²) in [7, 11) is -4.78. The van der Waals surface area contributed by atoms with Crippen LogP contribution >= 0.6 is 0 Å². The molecule has 0 aromatic heterocycles. The monoisotopic (exact) mass is 782 g/mol. The van der Waals surface area contributed by atoms with Crippen LogP contribution < -0.4 is 25.8 Å². The van der Waals surface area contributed by atoms with Crippen LogP contribution in [0.25, 0.3) is 21.4 Å². The van der Waals surface area contributed by atoms with Gasteiger partial charge in [-0.25, -0.2) is 0 Å². The van der Waals surface area contributed by atoms with Crippen molar-refractivity contribution in [2.45, 2.75) is 64.7 Å². The van der Waals surface area contributed by atoms with Gasteiger partial charge in [0.05, 0.1) is 5.36 Å². The summed E-state index contributed by atoms with van der Waals surface area (Å²) in [6, 6.07) is 24.6. The maximum absolute atomic E-state index is 14.1. The summed E-state index contributed by atoms with van der Waals surface area (Å²) in [6.07, 6.45) is 0.559. The summed E-state index contributed by atoms with van der Waals surface area (Å²) in [5, 5.41) is 40.2. The lowest BCUT2D eigenvalue weighted by atomic mass is 9.74. The molecule has 2 N–H and O–H groups in total. The fourth-order valence-corrected chi connectivity index (χ4v) is 8.74. The SMILES string of the molecule is Cc1cc(C(CC(c2ccccc2)c2cc(C)c(OS(=O)(=O)c3cccc4c(=O)c(=O)c(=NN=[N-])c(=N[N+]#N)c34)cc2C)c2cc(C)c(O)cc2C)c(C)cc1O. The highest BCUT2D eigenvalue weighted by Gasteiger charge is 2.29. The standard InChI is InChI=1S/C43H38N6O7S/c1-22-18-35(50)25(4)15-31(22)34(32-16-26(5)36(51)19-23(32)2)21-33(28-11-8-7-9-12-28)30-17-27(6)37(20-24(30)3)56-57(54,55)38-14-10-13-29-39(38)40(46-48-44)41(47-49-45)43(53)42(29)52/h7-20,33-34,50-51H,21H2,1-6H3. The highest BCUT2D eigenvalue weighted by Crippen LogP contribution is 2.44. The molecule has 0 spiro atoms. The van der Waals surface area contributed by atoms with Crippen LogP contribution in [0.5, 0.6) is 17.2 Å². The predicted molar refractivity (Wildman–Crippen MR) is 214 cm³/mol. The van der Waals surface area contributed by atoms with E-state index in [0.29, 0.717) is 17.5 Å². The van der Waals surface area contributed by atoms with Crippen molar-refractivity contribution in [3.05, 3.63) is 182 Å². The summed E-state index contributed by atoms with van der Waals surface area (Å²) in [6.45, 7) is 11.2. The van der Waals surface area contributed by atoms with E-state index in [9.17, 15) is 33.6 Å². The lowest BCUT2D eigenvalue weighted by molar-refractivity contribution is 0.469. The van der Waals surface area contributed by atoms with Gasteiger partial charge < -0.3 is 25.0 Å². The molecule has 0 fully saturated rings. The molecular formula is C43H38N6O7S. The minimum absolute atomic E-state index is 0.00461. The topological polar surface area (TPSA) is 205 Å². The van der Waals surface area contributed by atoms with Crippen LogP contribution in [0.4, 0.5) is 0 Å². The Labute approximate surface area is 327 Å². The molecule has 6 aromatic carbocycles. The van der Waals surface area contributed by atoms with Gasteiger partial charge in [-0.3, -0.25) is 14.8 Å². The number of nitrogens with zero attached hydrogens (tertiary/aromatic N) is 6. The van der Waals surface area contributed by atoms with Crippen LogP contribution in [-0.2, 0) is 10.1 Å². The summed E-state index contributed by atoms with van der Waals surface area (Å²) in [5.41, 5.74) is 15.1. The third-order valence-corrected chi connectivity index (χ3v) is 11.7. The van der Waals surface area contributed by atoms with E-state index in [1.54, 1.807) is 25.1 Å². The maximum atomic E-state index is 14.1. The predicted octanol–water partition coefficient (Wildman–Crippen LogP) is 7.33. The number of fused-ring (bicyclic) bond motifs is 1. The Morgan fingerprint density at radius 1 is 0.702 bits per heavy atom. The Kier molecular flexibility index (Phi) is 11.0. The van der Waals surface area contributed by atoms with Crippen molar-refractivity contribution in [3.8, 4) is 17.2 Å². The normalized spacial score (nSPS) is 12.9. The van der Waals surface area contributed by atoms with Crippen LogP contribution in [0.2, 0.25) is 0 Å². The quantitative estimate of drug-likeness (QED) is 0.0472. The van der Waals surface area contributed by atoms with Crippen molar-refractivity contribution in [1.29, 1.82) is 5.39 Å². The second-order valence-electron chi connectivity index (χ2n) is 14.2. The number of diazo groups is 1. The molecule has 0 bridgehead atoms. The molecule has 0 aliphatic carbocycles. The first-order valence-electron chi connectivity index (χ1n) is 17.9. The molecule has 0 saturated carbocycles. The number of aryl methyl sites for hydroxylation is 6. The third kappa shape index (κ3) is 7.57. The molecule has 0 radical (unpaired) electrons. The van der Waals surface area contributed by atoms with Crippen LogP contribution in [0, 0.1) is 46.9 Å². The van der Waals surface area contributed by atoms with Crippen molar-refractivity contribution in [3.63, 3.8) is 0 Å². The summed E-state index contributed by atoms with van der Waals surface area (Å²) < 4.78 is 33.9. The van der Waals surface area contributed by atoms with Crippen LogP contribution in [0.3, 0.4) is 0 Å². The number of phenols is 2. The average molecular weight is 783 g/mol. The minimum Gasteiger partial charge on any atom is -0.508 e. The van der Waals surface area contributed by atoms with Gasteiger partial charge in [-0.05, 0) is 128 Å². The summed E-state index contributed by atoms with van der Waals surface area (Å²) >= 11 is 0. The van der Waals surface area contributed by atoms with Gasteiger partial charge in [0.25, 0.3) is 5.39 Å². The van der Waals surface area contributed by atoms with E-state index in [0.717, 1.165) is 50.6 Å². The summed E-state index contributed by atoms with van der Waals surface area (Å²) in [5.74, 6) is -0.0415. The average Bonchev–Trinajstić information content (AvgIpc) is 3.17. The molecule has 1 unspecified atom stereocenters. The Bertz CT molecular complexity index is 2950. The zero-order valence-corrected chi connectivity index (χ0v) is 32.8.